The Bertz CT molecular complexity index is 1170. The standard InChI is InChI=1S/C33H46N4O5/c1-4-23(3)34-31(39)29-19-18-26-12-8-9-13-27(32(40)37(26)29)35-30(38)28(20-24-16-14-22(2)15-17-24)36-33(41)42-21-25-10-6-5-7-11-25/h5-7,10-11,14-17,23,26-29,31,34,39H,4,8-9,12-13,18-21H2,1-3H3,(H,35,38)(H,36,41). The number of ether oxygens (including phenoxy) is 1. The topological polar surface area (TPSA) is 120 Å². The molecule has 6 atom stereocenters. The average Bonchev–Trinajstić information content (AvgIpc) is 3.41. The highest BCUT2D eigenvalue weighted by molar-refractivity contribution is 5.92. The van der Waals surface area contributed by atoms with Gasteiger partial charge in [0.1, 0.15) is 24.9 Å². The zero-order chi connectivity index (χ0) is 30.1. The van der Waals surface area contributed by atoms with Crippen LogP contribution in [0.3, 0.4) is 0 Å². The van der Waals surface area contributed by atoms with Gasteiger partial charge in [0, 0.05) is 18.5 Å². The number of carbonyl (C=O) groups is 3. The monoisotopic (exact) mass is 578 g/mol. The maximum atomic E-state index is 13.9. The third kappa shape index (κ3) is 8.55. The van der Waals surface area contributed by atoms with E-state index >= 15 is 0 Å². The Morgan fingerprint density at radius 3 is 2.43 bits per heavy atom. The van der Waals surface area contributed by atoms with Crippen LogP contribution in [-0.4, -0.2) is 64.4 Å². The van der Waals surface area contributed by atoms with Gasteiger partial charge in [-0.05, 0) is 57.1 Å². The minimum atomic E-state index is -0.933. The summed E-state index contributed by atoms with van der Waals surface area (Å²) in [5.74, 6) is -0.599. The predicted molar refractivity (Wildman–Crippen MR) is 161 cm³/mol. The minimum absolute atomic E-state index is 0.0463. The van der Waals surface area contributed by atoms with Crippen LogP contribution in [0.15, 0.2) is 54.6 Å². The molecular weight excluding hydrogens is 532 g/mol. The molecule has 2 saturated heterocycles. The lowest BCUT2D eigenvalue weighted by Gasteiger charge is -2.38. The van der Waals surface area contributed by atoms with Crippen molar-refractivity contribution < 1.29 is 24.2 Å². The number of carbonyl (C=O) groups excluding carboxylic acids is 3. The van der Waals surface area contributed by atoms with Gasteiger partial charge in [-0.15, -0.1) is 0 Å². The summed E-state index contributed by atoms with van der Waals surface area (Å²) in [6.07, 6.45) is 4.29. The van der Waals surface area contributed by atoms with Crippen molar-refractivity contribution in [2.45, 2.75) is 115 Å². The summed E-state index contributed by atoms with van der Waals surface area (Å²) in [5, 5.41) is 19.9. The SMILES string of the molecule is CCC(C)NC(O)C1CCC2CCCCC(NC(=O)C(Cc3ccc(C)cc3)NC(=O)OCc3ccccc3)C(=O)N21. The Hall–Kier alpha value is -3.43. The van der Waals surface area contributed by atoms with Gasteiger partial charge in [-0.25, -0.2) is 4.79 Å². The molecule has 2 aliphatic heterocycles. The molecule has 4 rings (SSSR count). The molecule has 9 nitrogen and oxygen atoms in total. The van der Waals surface area contributed by atoms with Crippen LogP contribution in [0.5, 0.6) is 0 Å². The van der Waals surface area contributed by atoms with Gasteiger partial charge in [0.25, 0.3) is 0 Å². The second-order valence-corrected chi connectivity index (χ2v) is 11.8. The van der Waals surface area contributed by atoms with Crippen LogP contribution in [0.4, 0.5) is 4.79 Å². The first-order valence-corrected chi connectivity index (χ1v) is 15.3. The Balaban J connectivity index is 1.47. The number of alkyl carbamates (subject to hydrolysis) is 1. The molecule has 4 N–H and O–H groups in total. The Morgan fingerprint density at radius 1 is 1.00 bits per heavy atom. The highest BCUT2D eigenvalue weighted by Crippen LogP contribution is 2.32. The van der Waals surface area contributed by atoms with Gasteiger partial charge < -0.3 is 25.4 Å². The maximum Gasteiger partial charge on any atom is 0.408 e. The van der Waals surface area contributed by atoms with E-state index in [-0.39, 0.29) is 37.1 Å². The molecule has 0 aliphatic carbocycles. The maximum absolute atomic E-state index is 13.9. The summed E-state index contributed by atoms with van der Waals surface area (Å²) in [6, 6.07) is 15.3. The van der Waals surface area contributed by atoms with E-state index in [1.807, 2.05) is 80.3 Å². The summed E-state index contributed by atoms with van der Waals surface area (Å²) >= 11 is 0. The van der Waals surface area contributed by atoms with Gasteiger partial charge in [0.2, 0.25) is 11.8 Å². The number of fused-ring (bicyclic) bond motifs is 1. The molecule has 9 heteroatoms. The predicted octanol–water partition coefficient (Wildman–Crippen LogP) is 3.96. The van der Waals surface area contributed by atoms with Gasteiger partial charge in [-0.1, -0.05) is 79.9 Å². The molecule has 0 saturated carbocycles. The normalized spacial score (nSPS) is 22.7. The van der Waals surface area contributed by atoms with Crippen molar-refractivity contribution in [1.82, 2.24) is 20.9 Å². The fourth-order valence-electron chi connectivity index (χ4n) is 5.88. The van der Waals surface area contributed by atoms with Crippen molar-refractivity contribution in [2.24, 2.45) is 0 Å². The van der Waals surface area contributed by atoms with E-state index in [4.69, 9.17) is 4.74 Å². The molecule has 2 aromatic carbocycles. The zero-order valence-electron chi connectivity index (χ0n) is 25.1. The second-order valence-electron chi connectivity index (χ2n) is 11.8. The van der Waals surface area contributed by atoms with E-state index in [2.05, 4.69) is 16.0 Å². The van der Waals surface area contributed by atoms with E-state index in [1.165, 1.54) is 0 Å². The molecule has 0 radical (unpaired) electrons. The number of aliphatic hydroxyl groups excluding tert-OH is 1. The van der Waals surface area contributed by atoms with E-state index in [9.17, 15) is 19.5 Å². The van der Waals surface area contributed by atoms with Crippen molar-refractivity contribution >= 4 is 17.9 Å². The van der Waals surface area contributed by atoms with Crippen molar-refractivity contribution in [3.05, 3.63) is 71.3 Å². The minimum Gasteiger partial charge on any atom is -0.445 e. The van der Waals surface area contributed by atoms with Gasteiger partial charge in [-0.3, -0.25) is 14.9 Å². The number of amides is 3. The van der Waals surface area contributed by atoms with E-state index < -0.39 is 30.3 Å². The average molecular weight is 579 g/mol. The molecule has 6 unspecified atom stereocenters. The van der Waals surface area contributed by atoms with Crippen molar-refractivity contribution in [2.75, 3.05) is 0 Å². The fourth-order valence-corrected chi connectivity index (χ4v) is 5.88. The fraction of sp³-hybridized carbons (Fsp3) is 0.545. The van der Waals surface area contributed by atoms with Crippen LogP contribution in [0.2, 0.25) is 0 Å². The summed E-state index contributed by atoms with van der Waals surface area (Å²) in [4.78, 5) is 42.3. The lowest BCUT2D eigenvalue weighted by molar-refractivity contribution is -0.143. The van der Waals surface area contributed by atoms with Crippen molar-refractivity contribution in [3.8, 4) is 0 Å². The third-order valence-corrected chi connectivity index (χ3v) is 8.51. The first-order chi connectivity index (χ1) is 20.2. The van der Waals surface area contributed by atoms with Crippen LogP contribution in [-0.2, 0) is 27.4 Å². The molecule has 0 spiro atoms. The van der Waals surface area contributed by atoms with Gasteiger partial charge >= 0.3 is 6.09 Å². The number of benzene rings is 2. The van der Waals surface area contributed by atoms with E-state index in [0.29, 0.717) is 12.8 Å². The third-order valence-electron chi connectivity index (χ3n) is 8.51. The van der Waals surface area contributed by atoms with Crippen molar-refractivity contribution in [3.63, 3.8) is 0 Å². The number of hydrogen-bond acceptors (Lipinski definition) is 6. The van der Waals surface area contributed by atoms with Gasteiger partial charge in [0.05, 0.1) is 6.04 Å². The molecule has 0 aromatic heterocycles. The molecule has 42 heavy (non-hydrogen) atoms. The first-order valence-electron chi connectivity index (χ1n) is 15.3. The molecular formula is C33H46N4O5. The number of hydrogen-bond donors (Lipinski definition) is 4. The van der Waals surface area contributed by atoms with E-state index in [1.54, 1.807) is 0 Å². The zero-order valence-corrected chi connectivity index (χ0v) is 25.1. The van der Waals surface area contributed by atoms with Gasteiger partial charge in [-0.2, -0.15) is 0 Å². The van der Waals surface area contributed by atoms with Crippen LogP contribution in [0.25, 0.3) is 0 Å². The number of aryl methyl sites for hydroxylation is 1. The first kappa shape index (κ1) is 31.5. The molecule has 228 valence electrons. The van der Waals surface area contributed by atoms with Crippen LogP contribution in [0, 0.1) is 6.92 Å². The van der Waals surface area contributed by atoms with Gasteiger partial charge in [0.15, 0.2) is 0 Å². The van der Waals surface area contributed by atoms with Crippen molar-refractivity contribution in [1.29, 1.82) is 0 Å². The van der Waals surface area contributed by atoms with E-state index in [0.717, 1.165) is 48.8 Å². The second kappa shape index (κ2) is 15.2. The molecule has 2 fully saturated rings. The van der Waals surface area contributed by atoms with Crippen LogP contribution >= 0.6 is 0 Å². The quantitative estimate of drug-likeness (QED) is 0.300. The summed E-state index contributed by atoms with van der Waals surface area (Å²) in [5.41, 5.74) is 2.81. The molecule has 2 heterocycles. The smallest absolute Gasteiger partial charge is 0.408 e. The highest BCUT2D eigenvalue weighted by atomic mass is 16.5. The number of rotatable bonds is 11. The highest BCUT2D eigenvalue weighted by Gasteiger charge is 2.44. The van der Waals surface area contributed by atoms with Crippen LogP contribution in [0.1, 0.15) is 75.5 Å². The summed E-state index contributed by atoms with van der Waals surface area (Å²) < 4.78 is 5.41. The summed E-state index contributed by atoms with van der Waals surface area (Å²) in [7, 11) is 0. The summed E-state index contributed by atoms with van der Waals surface area (Å²) in [6.45, 7) is 6.13. The largest absolute Gasteiger partial charge is 0.445 e. The Morgan fingerprint density at radius 2 is 1.71 bits per heavy atom. The number of aliphatic hydroxyl groups is 1. The Labute approximate surface area is 249 Å². The number of nitrogens with zero attached hydrogens (tertiary/aromatic N) is 1. The molecule has 2 aliphatic rings. The molecule has 2 aromatic rings. The Kier molecular flexibility index (Phi) is 11.4. The number of nitrogens with one attached hydrogen (secondary N) is 3. The molecule has 3 amide bonds. The molecule has 0 bridgehead atoms. The van der Waals surface area contributed by atoms with Crippen LogP contribution < -0.4 is 16.0 Å². The lowest BCUT2D eigenvalue weighted by atomic mass is 9.98. The lowest BCUT2D eigenvalue weighted by Crippen LogP contribution is -2.60.